The summed E-state index contributed by atoms with van der Waals surface area (Å²) in [5.41, 5.74) is -1.39. The van der Waals surface area contributed by atoms with E-state index >= 15 is 0 Å². The largest absolute Gasteiger partial charge is 0.480 e. The van der Waals surface area contributed by atoms with Crippen LogP contribution in [0.5, 0.6) is 0 Å². The van der Waals surface area contributed by atoms with Crippen LogP contribution < -0.4 is 5.32 Å². The van der Waals surface area contributed by atoms with Crippen molar-refractivity contribution in [2.75, 3.05) is 11.9 Å². The summed E-state index contributed by atoms with van der Waals surface area (Å²) in [5, 5.41) is 10.5. The Morgan fingerprint density at radius 1 is 1.25 bits per heavy atom. The van der Waals surface area contributed by atoms with Gasteiger partial charge in [0.15, 0.2) is 0 Å². The molecule has 0 amide bonds. The molecule has 0 bridgehead atoms. The third-order valence-corrected chi connectivity index (χ3v) is 1.67. The van der Waals surface area contributed by atoms with Crippen molar-refractivity contribution in [3.8, 4) is 0 Å². The fourth-order valence-corrected chi connectivity index (χ4v) is 1.03. The van der Waals surface area contributed by atoms with Gasteiger partial charge in [0.25, 0.3) is 0 Å². The highest BCUT2D eigenvalue weighted by molar-refractivity contribution is 5.72. The molecule has 20 heavy (non-hydrogen) atoms. The van der Waals surface area contributed by atoms with Crippen LogP contribution >= 0.6 is 0 Å². The molecule has 7 heteroatoms. The first-order valence-corrected chi connectivity index (χ1v) is 5.85. The third kappa shape index (κ3) is 8.34. The summed E-state index contributed by atoms with van der Waals surface area (Å²) >= 11 is 0. The maximum absolute atomic E-state index is 12.8. The van der Waals surface area contributed by atoms with Gasteiger partial charge in [-0.1, -0.05) is 20.8 Å². The monoisotopic (exact) mass is 295 g/mol. The van der Waals surface area contributed by atoms with Crippen molar-refractivity contribution < 1.29 is 27.5 Å². The van der Waals surface area contributed by atoms with E-state index in [1.54, 1.807) is 0 Å². The van der Waals surface area contributed by atoms with Gasteiger partial charge in [-0.2, -0.15) is 13.2 Å². The maximum atomic E-state index is 12.8. The minimum Gasteiger partial charge on any atom is -0.480 e. The van der Waals surface area contributed by atoms with Gasteiger partial charge in [0.05, 0.1) is 5.56 Å². The predicted molar refractivity (Wildman–Crippen MR) is 68.0 cm³/mol. The summed E-state index contributed by atoms with van der Waals surface area (Å²) in [6.45, 7) is 5.92. The molecule has 0 heterocycles. The minimum absolute atomic E-state index is 0.227. The number of carbonyl (C=O) groups is 1. The Balaban J connectivity index is 0.000000796. The van der Waals surface area contributed by atoms with Crippen LogP contribution in [0.2, 0.25) is 0 Å². The van der Waals surface area contributed by atoms with Gasteiger partial charge >= 0.3 is 12.1 Å². The molecule has 0 spiro atoms. The van der Waals surface area contributed by atoms with E-state index < -0.39 is 30.1 Å². The highest BCUT2D eigenvalue weighted by Crippen LogP contribution is 2.31. The number of halogens is 4. The van der Waals surface area contributed by atoms with Gasteiger partial charge in [0, 0.05) is 5.69 Å². The van der Waals surface area contributed by atoms with Crippen LogP contribution in [0, 0.1) is 11.7 Å². The van der Waals surface area contributed by atoms with Gasteiger partial charge in [-0.25, -0.2) is 4.39 Å². The molecule has 0 saturated heterocycles. The number of hydrogen-bond acceptors (Lipinski definition) is 2. The van der Waals surface area contributed by atoms with Gasteiger partial charge < -0.3 is 10.4 Å². The normalized spacial score (nSPS) is 10.8. The molecule has 1 aromatic rings. The summed E-state index contributed by atoms with van der Waals surface area (Å²) in [5.74, 6) is -1.50. The smallest absolute Gasteiger partial charge is 0.416 e. The van der Waals surface area contributed by atoms with Crippen LogP contribution in [-0.4, -0.2) is 17.6 Å². The number of aliphatic carboxylic acids is 1. The van der Waals surface area contributed by atoms with Crippen LogP contribution in [-0.2, 0) is 11.0 Å². The quantitative estimate of drug-likeness (QED) is 0.829. The lowest BCUT2D eigenvalue weighted by molar-refractivity contribution is -0.137. The lowest BCUT2D eigenvalue weighted by atomic mass is 10.2. The third-order valence-electron chi connectivity index (χ3n) is 1.67. The van der Waals surface area contributed by atoms with Crippen molar-refractivity contribution >= 4 is 11.7 Å². The van der Waals surface area contributed by atoms with Gasteiger partial charge in [-0.3, -0.25) is 4.79 Å². The van der Waals surface area contributed by atoms with Crippen LogP contribution in [0.1, 0.15) is 26.3 Å². The Morgan fingerprint density at radius 2 is 1.75 bits per heavy atom. The maximum Gasteiger partial charge on any atom is 0.416 e. The average Bonchev–Trinajstić information content (AvgIpc) is 2.23. The molecule has 1 rings (SSSR count). The lowest BCUT2D eigenvalue weighted by Gasteiger charge is -2.09. The van der Waals surface area contributed by atoms with Crippen molar-refractivity contribution in [3.05, 3.63) is 29.6 Å². The fourth-order valence-electron chi connectivity index (χ4n) is 1.03. The SMILES string of the molecule is CC(C)C.O=C(O)CNc1cc(F)cc(C(F)(F)F)c1. The molecule has 0 unspecified atom stereocenters. The molecular weight excluding hydrogens is 278 g/mol. The first kappa shape index (κ1) is 18.2. The summed E-state index contributed by atoms with van der Waals surface area (Å²) < 4.78 is 49.5. The Labute approximate surface area is 114 Å². The van der Waals surface area contributed by atoms with E-state index in [0.29, 0.717) is 12.1 Å². The molecular formula is C13H17F4NO2. The summed E-state index contributed by atoms with van der Waals surface area (Å²) in [7, 11) is 0. The summed E-state index contributed by atoms with van der Waals surface area (Å²) in [6, 6.07) is 1.77. The number of hydrogen-bond donors (Lipinski definition) is 2. The molecule has 2 N–H and O–H groups in total. The van der Waals surface area contributed by atoms with Crippen molar-refractivity contribution in [1.29, 1.82) is 0 Å². The van der Waals surface area contributed by atoms with E-state index in [2.05, 4.69) is 26.1 Å². The second-order valence-electron chi connectivity index (χ2n) is 4.71. The van der Waals surface area contributed by atoms with E-state index in [1.807, 2.05) is 0 Å². The van der Waals surface area contributed by atoms with E-state index in [1.165, 1.54) is 0 Å². The molecule has 0 fully saturated rings. The van der Waals surface area contributed by atoms with Gasteiger partial charge in [0.2, 0.25) is 0 Å². The summed E-state index contributed by atoms with van der Waals surface area (Å²) in [4.78, 5) is 10.2. The number of carboxylic acids is 1. The molecule has 0 aliphatic carbocycles. The predicted octanol–water partition coefficient (Wildman–Crippen LogP) is 4.00. The highest BCUT2D eigenvalue weighted by atomic mass is 19.4. The minimum atomic E-state index is -4.66. The lowest BCUT2D eigenvalue weighted by Crippen LogP contribution is -2.13. The topological polar surface area (TPSA) is 49.3 Å². The van der Waals surface area contributed by atoms with Crippen LogP contribution in [0.3, 0.4) is 0 Å². The zero-order valence-corrected chi connectivity index (χ0v) is 11.4. The Bertz CT molecular complexity index is 442. The zero-order valence-electron chi connectivity index (χ0n) is 11.4. The van der Waals surface area contributed by atoms with E-state index in [9.17, 15) is 22.4 Å². The van der Waals surface area contributed by atoms with Crippen molar-refractivity contribution in [1.82, 2.24) is 0 Å². The number of benzene rings is 1. The number of anilines is 1. The zero-order chi connectivity index (χ0) is 15.9. The standard InChI is InChI=1S/C9H7F4NO2.C4H10/c10-6-1-5(9(11,12)13)2-7(3-6)14-4-8(15)16;1-4(2)3/h1-3,14H,4H2,(H,15,16);4H,1-3H3. The van der Waals surface area contributed by atoms with Crippen molar-refractivity contribution in [2.45, 2.75) is 26.9 Å². The average molecular weight is 295 g/mol. The van der Waals surface area contributed by atoms with Crippen LogP contribution in [0.25, 0.3) is 0 Å². The van der Waals surface area contributed by atoms with Gasteiger partial charge in [-0.15, -0.1) is 0 Å². The Hall–Kier alpha value is -1.79. The molecule has 3 nitrogen and oxygen atoms in total. The van der Waals surface area contributed by atoms with Gasteiger partial charge in [-0.05, 0) is 24.1 Å². The van der Waals surface area contributed by atoms with E-state index in [0.717, 1.165) is 12.0 Å². The number of alkyl halides is 3. The Kier molecular flexibility index (Phi) is 7.02. The highest BCUT2D eigenvalue weighted by Gasteiger charge is 2.31. The van der Waals surface area contributed by atoms with Crippen molar-refractivity contribution in [2.24, 2.45) is 5.92 Å². The van der Waals surface area contributed by atoms with E-state index in [-0.39, 0.29) is 5.69 Å². The molecule has 1 aromatic carbocycles. The number of nitrogens with one attached hydrogen (secondary N) is 1. The summed E-state index contributed by atoms with van der Waals surface area (Å²) in [6.07, 6.45) is -4.66. The molecule has 0 aliphatic heterocycles. The fraction of sp³-hybridized carbons (Fsp3) is 0.462. The molecule has 0 radical (unpaired) electrons. The molecule has 0 aliphatic rings. The molecule has 0 saturated carbocycles. The van der Waals surface area contributed by atoms with Gasteiger partial charge in [0.1, 0.15) is 12.4 Å². The molecule has 0 aromatic heterocycles. The van der Waals surface area contributed by atoms with Crippen LogP contribution in [0.4, 0.5) is 23.2 Å². The number of carboxylic acid groups (broad SMARTS) is 1. The first-order valence-electron chi connectivity index (χ1n) is 5.85. The number of rotatable bonds is 3. The van der Waals surface area contributed by atoms with Crippen LogP contribution in [0.15, 0.2) is 18.2 Å². The van der Waals surface area contributed by atoms with E-state index in [4.69, 9.17) is 5.11 Å². The Morgan fingerprint density at radius 3 is 2.15 bits per heavy atom. The second-order valence-corrected chi connectivity index (χ2v) is 4.71. The molecule has 0 atom stereocenters. The molecule has 114 valence electrons. The second kappa shape index (κ2) is 7.72. The first-order chi connectivity index (χ1) is 9.02. The van der Waals surface area contributed by atoms with Crippen molar-refractivity contribution in [3.63, 3.8) is 0 Å².